The lowest BCUT2D eigenvalue weighted by Crippen LogP contribution is -2.07. The molecule has 0 spiro atoms. The number of rotatable bonds is 6. The lowest BCUT2D eigenvalue weighted by molar-refractivity contribution is 0.685. The molecule has 2 aromatic carbocycles. The van der Waals surface area contributed by atoms with Gasteiger partial charge in [-0.25, -0.2) is 4.98 Å². The van der Waals surface area contributed by atoms with Crippen LogP contribution in [0.5, 0.6) is 0 Å². The molecule has 1 atom stereocenters. The number of thiocarbonyl (C=S) groups is 1. The predicted molar refractivity (Wildman–Crippen MR) is 130 cm³/mol. The van der Waals surface area contributed by atoms with Gasteiger partial charge in [0.15, 0.2) is 0 Å². The Bertz CT molecular complexity index is 1090. The molecule has 0 aliphatic heterocycles. The Morgan fingerprint density at radius 2 is 1.72 bits per heavy atom. The second-order valence-electron chi connectivity index (χ2n) is 6.38. The fourth-order valence-corrected chi connectivity index (χ4v) is 5.89. The third-order valence-electron chi connectivity index (χ3n) is 4.43. The van der Waals surface area contributed by atoms with Crippen molar-refractivity contribution in [1.29, 1.82) is 0 Å². The molecule has 2 nitrogen and oxygen atoms in total. The van der Waals surface area contributed by atoms with Crippen LogP contribution < -0.4 is 0 Å². The first-order chi connectivity index (χ1) is 14.1. The van der Waals surface area contributed by atoms with E-state index >= 15 is 0 Å². The van der Waals surface area contributed by atoms with Crippen molar-refractivity contribution in [2.45, 2.75) is 11.8 Å². The fourth-order valence-electron chi connectivity index (χ4n) is 2.98. The molecule has 1 unspecified atom stereocenters. The van der Waals surface area contributed by atoms with Gasteiger partial charge in [0.2, 0.25) is 0 Å². The predicted octanol–water partition coefficient (Wildman–Crippen LogP) is 7.77. The van der Waals surface area contributed by atoms with E-state index in [2.05, 4.69) is 33.1 Å². The molecule has 0 bridgehead atoms. The first-order valence-electron chi connectivity index (χ1n) is 8.86. The monoisotopic (exact) mass is 474 g/mol. The third-order valence-corrected chi connectivity index (χ3v) is 7.74. The van der Waals surface area contributed by atoms with Gasteiger partial charge in [-0.2, -0.15) is 0 Å². The van der Waals surface area contributed by atoms with E-state index in [1.165, 1.54) is 5.56 Å². The van der Waals surface area contributed by atoms with Crippen molar-refractivity contribution in [3.05, 3.63) is 99.2 Å². The summed E-state index contributed by atoms with van der Waals surface area (Å²) in [4.78, 5) is 5.27. The van der Waals surface area contributed by atoms with Crippen molar-refractivity contribution in [3.8, 4) is 11.1 Å². The van der Waals surface area contributed by atoms with Gasteiger partial charge >= 0.3 is 0 Å². The molecule has 4 aromatic rings. The number of thiophene rings is 1. The Hall–Kier alpha value is -1.63. The molecule has 0 fully saturated rings. The summed E-state index contributed by atoms with van der Waals surface area (Å²) in [5, 5.41) is 3.69. The maximum atomic E-state index is 6.09. The minimum Gasteiger partial charge on any atom is -0.336 e. The van der Waals surface area contributed by atoms with Crippen molar-refractivity contribution in [2.75, 3.05) is 0 Å². The minimum atomic E-state index is 0.147. The number of thioether (sulfide) groups is 1. The SMILES string of the molecule is S=C(SC(Cn1ccnc1)c1ccc(Cl)cc1)c1sccc1-c1ccc(Cl)cc1. The van der Waals surface area contributed by atoms with Crippen molar-refractivity contribution in [2.24, 2.45) is 0 Å². The number of nitrogens with zero attached hydrogens (tertiary/aromatic N) is 2. The molecule has 4 rings (SSSR count). The Balaban J connectivity index is 1.61. The second kappa shape index (κ2) is 9.45. The molecule has 0 amide bonds. The average Bonchev–Trinajstić information content (AvgIpc) is 3.40. The minimum absolute atomic E-state index is 0.147. The van der Waals surface area contributed by atoms with Crippen LogP contribution in [0.1, 0.15) is 15.7 Å². The van der Waals surface area contributed by atoms with Crippen LogP contribution in [-0.2, 0) is 6.54 Å². The van der Waals surface area contributed by atoms with Crippen LogP contribution in [0, 0.1) is 0 Å². The van der Waals surface area contributed by atoms with E-state index in [9.17, 15) is 0 Å². The third kappa shape index (κ3) is 5.11. The number of aromatic nitrogens is 2. The molecule has 0 aliphatic rings. The van der Waals surface area contributed by atoms with Gasteiger partial charge < -0.3 is 4.57 Å². The summed E-state index contributed by atoms with van der Waals surface area (Å²) in [7, 11) is 0. The lowest BCUT2D eigenvalue weighted by atomic mass is 10.1. The standard InChI is InChI=1S/C22H16Cl2N2S3/c23-17-5-1-15(2-6-17)19-9-12-28-21(19)22(27)29-20(13-26-11-10-25-14-26)16-3-7-18(24)8-4-16/h1-12,14,20H,13H2. The highest BCUT2D eigenvalue weighted by Crippen LogP contribution is 2.39. The molecule has 0 saturated carbocycles. The molecule has 146 valence electrons. The molecule has 0 radical (unpaired) electrons. The lowest BCUT2D eigenvalue weighted by Gasteiger charge is -2.18. The second-order valence-corrected chi connectivity index (χ2v) is 10.0. The molecular weight excluding hydrogens is 459 g/mol. The van der Waals surface area contributed by atoms with E-state index in [1.54, 1.807) is 29.3 Å². The van der Waals surface area contributed by atoms with Crippen molar-refractivity contribution >= 4 is 62.7 Å². The van der Waals surface area contributed by atoms with Crippen LogP contribution in [-0.4, -0.2) is 13.7 Å². The van der Waals surface area contributed by atoms with Gasteiger partial charge in [-0.05, 0) is 46.8 Å². The summed E-state index contributed by atoms with van der Waals surface area (Å²) < 4.78 is 2.95. The Labute approximate surface area is 193 Å². The van der Waals surface area contributed by atoms with Gasteiger partial charge in [0, 0.05) is 34.5 Å². The van der Waals surface area contributed by atoms with Crippen LogP contribution in [0.4, 0.5) is 0 Å². The fraction of sp³-hybridized carbons (Fsp3) is 0.0909. The van der Waals surface area contributed by atoms with Gasteiger partial charge in [-0.3, -0.25) is 0 Å². The van der Waals surface area contributed by atoms with E-state index in [4.69, 9.17) is 35.4 Å². The summed E-state index contributed by atoms with van der Waals surface area (Å²) in [6, 6.07) is 18.0. The molecule has 0 aliphatic carbocycles. The first-order valence-corrected chi connectivity index (χ1v) is 11.8. The summed E-state index contributed by atoms with van der Waals surface area (Å²) in [5.41, 5.74) is 3.44. The zero-order valence-corrected chi connectivity index (χ0v) is 19.1. The molecule has 0 N–H and O–H groups in total. The van der Waals surface area contributed by atoms with Crippen LogP contribution >= 0.6 is 58.5 Å². The zero-order valence-electron chi connectivity index (χ0n) is 15.2. The summed E-state index contributed by atoms with van der Waals surface area (Å²) >= 11 is 21.4. The van der Waals surface area contributed by atoms with E-state index in [0.29, 0.717) is 0 Å². The quantitative estimate of drug-likeness (QED) is 0.265. The Morgan fingerprint density at radius 1 is 1.03 bits per heavy atom. The summed E-state index contributed by atoms with van der Waals surface area (Å²) in [6.07, 6.45) is 5.59. The molecule has 2 aromatic heterocycles. The van der Waals surface area contributed by atoms with E-state index in [-0.39, 0.29) is 5.25 Å². The normalized spacial score (nSPS) is 12.1. The van der Waals surface area contributed by atoms with Crippen molar-refractivity contribution in [1.82, 2.24) is 9.55 Å². The number of imidazole rings is 1. The van der Waals surface area contributed by atoms with Gasteiger partial charge in [-0.15, -0.1) is 23.1 Å². The van der Waals surface area contributed by atoms with E-state index in [1.807, 2.05) is 48.9 Å². The molecule has 29 heavy (non-hydrogen) atoms. The maximum Gasteiger partial charge on any atom is 0.0946 e. The van der Waals surface area contributed by atoms with Crippen molar-refractivity contribution < 1.29 is 0 Å². The first kappa shape index (κ1) is 20.6. The highest BCUT2D eigenvalue weighted by Gasteiger charge is 2.20. The Morgan fingerprint density at radius 3 is 2.38 bits per heavy atom. The van der Waals surface area contributed by atoms with E-state index < -0.39 is 0 Å². The molecular formula is C22H16Cl2N2S3. The highest BCUT2D eigenvalue weighted by atomic mass is 35.5. The topological polar surface area (TPSA) is 17.8 Å². The average molecular weight is 475 g/mol. The largest absolute Gasteiger partial charge is 0.336 e. The van der Waals surface area contributed by atoms with Crippen molar-refractivity contribution in [3.63, 3.8) is 0 Å². The molecule has 0 saturated heterocycles. The number of benzene rings is 2. The highest BCUT2D eigenvalue weighted by molar-refractivity contribution is 8.24. The molecule has 2 heterocycles. The van der Waals surface area contributed by atoms with Crippen LogP contribution in [0.2, 0.25) is 10.0 Å². The van der Waals surface area contributed by atoms with Gasteiger partial charge in [0.25, 0.3) is 0 Å². The van der Waals surface area contributed by atoms with Gasteiger partial charge in [0.1, 0.15) is 0 Å². The Kier molecular flexibility index (Phi) is 6.73. The maximum absolute atomic E-state index is 6.09. The number of hydrogen-bond acceptors (Lipinski definition) is 4. The van der Waals surface area contributed by atoms with E-state index in [0.717, 1.165) is 36.8 Å². The van der Waals surface area contributed by atoms with Crippen LogP contribution in [0.15, 0.2) is 78.7 Å². The zero-order chi connectivity index (χ0) is 20.2. The number of halogens is 2. The number of hydrogen-bond donors (Lipinski definition) is 0. The van der Waals surface area contributed by atoms with Gasteiger partial charge in [-0.1, -0.05) is 59.7 Å². The molecule has 7 heteroatoms. The van der Waals surface area contributed by atoms with Crippen LogP contribution in [0.25, 0.3) is 11.1 Å². The smallest absolute Gasteiger partial charge is 0.0946 e. The van der Waals surface area contributed by atoms with Crippen LogP contribution in [0.3, 0.4) is 0 Å². The summed E-state index contributed by atoms with van der Waals surface area (Å²) in [5.74, 6) is 0. The summed E-state index contributed by atoms with van der Waals surface area (Å²) in [6.45, 7) is 0.772. The van der Waals surface area contributed by atoms with Gasteiger partial charge in [0.05, 0.1) is 20.7 Å².